The van der Waals surface area contributed by atoms with E-state index < -0.39 is 11.5 Å². The minimum absolute atomic E-state index is 0.356. The Hall–Kier alpha value is -1.55. The minimum atomic E-state index is -0.909. The SMILES string of the molecule is CC(C)c1ccccc1OCCC(C)(NC1CC1)C(=O)O. The van der Waals surface area contributed by atoms with Crippen molar-refractivity contribution in [3.05, 3.63) is 29.8 Å². The predicted molar refractivity (Wildman–Crippen MR) is 82.8 cm³/mol. The molecule has 1 aliphatic carbocycles. The van der Waals surface area contributed by atoms with Gasteiger partial charge in [-0.2, -0.15) is 0 Å². The first-order chi connectivity index (χ1) is 9.92. The van der Waals surface area contributed by atoms with Crippen LogP contribution in [0, 0.1) is 0 Å². The van der Waals surface area contributed by atoms with E-state index >= 15 is 0 Å². The second-order valence-electron chi connectivity index (χ2n) is 6.35. The molecule has 1 aliphatic rings. The zero-order chi connectivity index (χ0) is 15.5. The first-order valence-corrected chi connectivity index (χ1v) is 7.65. The summed E-state index contributed by atoms with van der Waals surface area (Å²) < 4.78 is 5.84. The van der Waals surface area contributed by atoms with E-state index in [1.165, 1.54) is 0 Å². The van der Waals surface area contributed by atoms with Crippen LogP contribution in [0.1, 0.15) is 51.5 Å². The molecule has 4 nitrogen and oxygen atoms in total. The number of benzene rings is 1. The molecule has 0 aliphatic heterocycles. The van der Waals surface area contributed by atoms with Gasteiger partial charge in [0.1, 0.15) is 11.3 Å². The maximum Gasteiger partial charge on any atom is 0.323 e. The van der Waals surface area contributed by atoms with E-state index in [-0.39, 0.29) is 0 Å². The third-order valence-electron chi connectivity index (χ3n) is 3.97. The first kappa shape index (κ1) is 15.8. The zero-order valence-electron chi connectivity index (χ0n) is 13.1. The van der Waals surface area contributed by atoms with Crippen LogP contribution in [0.15, 0.2) is 24.3 Å². The molecule has 0 saturated heterocycles. The van der Waals surface area contributed by atoms with Gasteiger partial charge in [0.05, 0.1) is 6.61 Å². The van der Waals surface area contributed by atoms with Gasteiger partial charge in [0.15, 0.2) is 0 Å². The van der Waals surface area contributed by atoms with E-state index in [1.54, 1.807) is 6.92 Å². The summed E-state index contributed by atoms with van der Waals surface area (Å²) in [6.45, 7) is 6.38. The van der Waals surface area contributed by atoms with E-state index in [1.807, 2.05) is 18.2 Å². The van der Waals surface area contributed by atoms with Crippen LogP contribution in [0.2, 0.25) is 0 Å². The molecule has 2 rings (SSSR count). The number of rotatable bonds is 8. The Balaban J connectivity index is 1.94. The highest BCUT2D eigenvalue weighted by atomic mass is 16.5. The van der Waals surface area contributed by atoms with Gasteiger partial charge in [-0.25, -0.2) is 0 Å². The quantitative estimate of drug-likeness (QED) is 0.772. The van der Waals surface area contributed by atoms with Crippen molar-refractivity contribution >= 4 is 5.97 Å². The van der Waals surface area contributed by atoms with Crippen LogP contribution < -0.4 is 10.1 Å². The Morgan fingerprint density at radius 3 is 2.67 bits per heavy atom. The summed E-state index contributed by atoms with van der Waals surface area (Å²) in [7, 11) is 0. The zero-order valence-corrected chi connectivity index (χ0v) is 13.1. The largest absolute Gasteiger partial charge is 0.493 e. The molecule has 1 atom stereocenters. The normalized spacial score (nSPS) is 17.5. The number of carboxylic acid groups (broad SMARTS) is 1. The summed E-state index contributed by atoms with van der Waals surface area (Å²) >= 11 is 0. The maximum atomic E-state index is 11.5. The van der Waals surface area contributed by atoms with E-state index in [4.69, 9.17) is 4.74 Å². The summed E-state index contributed by atoms with van der Waals surface area (Å²) in [4.78, 5) is 11.5. The lowest BCUT2D eigenvalue weighted by molar-refractivity contribution is -0.144. The Morgan fingerprint density at radius 1 is 1.43 bits per heavy atom. The number of carbonyl (C=O) groups is 1. The molecule has 0 aromatic heterocycles. The molecule has 0 radical (unpaired) electrons. The third-order valence-corrected chi connectivity index (χ3v) is 3.97. The smallest absolute Gasteiger partial charge is 0.323 e. The molecule has 0 bridgehead atoms. The average molecular weight is 291 g/mol. The molecule has 0 heterocycles. The molecule has 1 unspecified atom stereocenters. The number of ether oxygens (including phenoxy) is 1. The number of para-hydroxylation sites is 1. The molecular weight excluding hydrogens is 266 g/mol. The van der Waals surface area contributed by atoms with Crippen molar-refractivity contribution in [2.75, 3.05) is 6.61 Å². The molecule has 0 spiro atoms. The fourth-order valence-electron chi connectivity index (χ4n) is 2.37. The lowest BCUT2D eigenvalue weighted by atomic mass is 9.98. The van der Waals surface area contributed by atoms with Gasteiger partial charge in [0.2, 0.25) is 0 Å². The average Bonchev–Trinajstić information content (AvgIpc) is 3.22. The van der Waals surface area contributed by atoms with Gasteiger partial charge in [-0.3, -0.25) is 10.1 Å². The Labute approximate surface area is 126 Å². The van der Waals surface area contributed by atoms with Crippen LogP contribution in [-0.2, 0) is 4.79 Å². The van der Waals surface area contributed by atoms with Crippen molar-refractivity contribution in [2.24, 2.45) is 0 Å². The maximum absolute atomic E-state index is 11.5. The monoisotopic (exact) mass is 291 g/mol. The molecular formula is C17H25NO3. The van der Waals surface area contributed by atoms with Crippen LogP contribution in [0.4, 0.5) is 0 Å². The van der Waals surface area contributed by atoms with Crippen molar-refractivity contribution in [3.8, 4) is 5.75 Å². The van der Waals surface area contributed by atoms with Crippen molar-refractivity contribution in [1.29, 1.82) is 0 Å². The number of hydrogen-bond acceptors (Lipinski definition) is 3. The number of nitrogens with one attached hydrogen (secondary N) is 1. The molecule has 1 aromatic carbocycles. The highest BCUT2D eigenvalue weighted by Gasteiger charge is 2.38. The van der Waals surface area contributed by atoms with Crippen LogP contribution in [0.5, 0.6) is 5.75 Å². The summed E-state index contributed by atoms with van der Waals surface area (Å²) in [5.74, 6) is 0.429. The Morgan fingerprint density at radius 2 is 2.10 bits per heavy atom. The van der Waals surface area contributed by atoms with Crippen molar-refractivity contribution in [1.82, 2.24) is 5.32 Å². The van der Waals surface area contributed by atoms with E-state index in [0.717, 1.165) is 24.2 Å². The highest BCUT2D eigenvalue weighted by molar-refractivity contribution is 5.78. The molecule has 116 valence electrons. The van der Waals surface area contributed by atoms with Crippen LogP contribution in [0.3, 0.4) is 0 Å². The van der Waals surface area contributed by atoms with Gasteiger partial charge < -0.3 is 9.84 Å². The minimum Gasteiger partial charge on any atom is -0.493 e. The van der Waals surface area contributed by atoms with Gasteiger partial charge in [-0.05, 0) is 37.3 Å². The van der Waals surface area contributed by atoms with Crippen LogP contribution >= 0.6 is 0 Å². The lowest BCUT2D eigenvalue weighted by Gasteiger charge is -2.26. The van der Waals surface area contributed by atoms with Crippen molar-refractivity contribution in [2.45, 2.75) is 57.5 Å². The molecule has 4 heteroatoms. The second-order valence-corrected chi connectivity index (χ2v) is 6.35. The number of aliphatic carboxylic acids is 1. The lowest BCUT2D eigenvalue weighted by Crippen LogP contribution is -2.51. The predicted octanol–water partition coefficient (Wildman–Crippen LogP) is 3.17. The van der Waals surface area contributed by atoms with E-state index in [0.29, 0.717) is 25.0 Å². The first-order valence-electron chi connectivity index (χ1n) is 7.65. The second kappa shape index (κ2) is 6.48. The van der Waals surface area contributed by atoms with Gasteiger partial charge in [0, 0.05) is 12.5 Å². The van der Waals surface area contributed by atoms with E-state index in [9.17, 15) is 9.90 Å². The van der Waals surface area contributed by atoms with Gasteiger partial charge in [0.25, 0.3) is 0 Å². The fraction of sp³-hybridized carbons (Fsp3) is 0.588. The van der Waals surface area contributed by atoms with Gasteiger partial charge >= 0.3 is 5.97 Å². The van der Waals surface area contributed by atoms with Crippen molar-refractivity contribution in [3.63, 3.8) is 0 Å². The van der Waals surface area contributed by atoms with Crippen molar-refractivity contribution < 1.29 is 14.6 Å². The molecule has 1 saturated carbocycles. The molecule has 1 aromatic rings. The summed E-state index contributed by atoms with van der Waals surface area (Å²) in [6.07, 6.45) is 2.59. The molecule has 21 heavy (non-hydrogen) atoms. The topological polar surface area (TPSA) is 58.6 Å². The summed E-state index contributed by atoms with van der Waals surface area (Å²) in [5, 5.41) is 12.6. The standard InChI is InChI=1S/C17H25NO3/c1-12(2)14-6-4-5-7-15(14)21-11-10-17(3,16(19)20)18-13-8-9-13/h4-7,12-13,18H,8-11H2,1-3H3,(H,19,20). The van der Waals surface area contributed by atoms with Crippen LogP contribution in [-0.4, -0.2) is 29.3 Å². The molecule has 2 N–H and O–H groups in total. The van der Waals surface area contributed by atoms with E-state index in [2.05, 4.69) is 25.2 Å². The fourth-order valence-corrected chi connectivity index (χ4v) is 2.37. The summed E-state index contributed by atoms with van der Waals surface area (Å²) in [6, 6.07) is 8.30. The van der Waals surface area contributed by atoms with Gasteiger partial charge in [-0.1, -0.05) is 32.0 Å². The Bertz CT molecular complexity index is 497. The number of carboxylic acids is 1. The van der Waals surface area contributed by atoms with Crippen LogP contribution in [0.25, 0.3) is 0 Å². The molecule has 1 fully saturated rings. The molecule has 0 amide bonds. The highest BCUT2D eigenvalue weighted by Crippen LogP contribution is 2.27. The van der Waals surface area contributed by atoms with Gasteiger partial charge in [-0.15, -0.1) is 0 Å². The Kier molecular flexibility index (Phi) is 4.88. The number of hydrogen-bond donors (Lipinski definition) is 2. The third kappa shape index (κ3) is 4.21. The summed E-state index contributed by atoms with van der Waals surface area (Å²) in [5.41, 5.74) is 0.248.